The molecule has 1 aromatic carbocycles. The van der Waals surface area contributed by atoms with Crippen LogP contribution >= 0.6 is 11.6 Å². The van der Waals surface area contributed by atoms with E-state index >= 15 is 0 Å². The van der Waals surface area contributed by atoms with Gasteiger partial charge in [-0.3, -0.25) is 0 Å². The molecule has 17 heavy (non-hydrogen) atoms. The Bertz CT molecular complexity index is 391. The van der Waals surface area contributed by atoms with Crippen molar-refractivity contribution in [1.29, 1.82) is 0 Å². The molecule has 1 aliphatic rings. The fraction of sp³-hybridized carbons (Fsp3) is 0.538. The van der Waals surface area contributed by atoms with Crippen LogP contribution in [0.1, 0.15) is 18.4 Å². The first kappa shape index (κ1) is 12.8. The largest absolute Gasteiger partial charge is 0.381 e. The van der Waals surface area contributed by atoms with Gasteiger partial charge in [0.2, 0.25) is 0 Å². The highest BCUT2D eigenvalue weighted by Gasteiger charge is 2.31. The molecule has 0 aliphatic carbocycles. The molecule has 1 fully saturated rings. The standard InChI is InChI=1S/C13H17ClFNO/c14-11-6-10(2-3-12(11)15)7-13(8-16)4-1-5-17-9-13/h2-3,6H,1,4-5,7-9,16H2. The number of halogens is 2. The van der Waals surface area contributed by atoms with Crippen molar-refractivity contribution in [3.05, 3.63) is 34.6 Å². The van der Waals surface area contributed by atoms with Crippen LogP contribution in [0, 0.1) is 11.2 Å². The minimum absolute atomic E-state index is 0.0145. The smallest absolute Gasteiger partial charge is 0.141 e. The molecule has 0 aromatic heterocycles. The zero-order chi connectivity index (χ0) is 12.3. The summed E-state index contributed by atoms with van der Waals surface area (Å²) in [6.45, 7) is 2.08. The Balaban J connectivity index is 2.14. The highest BCUT2D eigenvalue weighted by atomic mass is 35.5. The lowest BCUT2D eigenvalue weighted by molar-refractivity contribution is -0.00264. The molecule has 2 nitrogen and oxygen atoms in total. The van der Waals surface area contributed by atoms with Gasteiger partial charge in [-0.15, -0.1) is 0 Å². The zero-order valence-corrected chi connectivity index (χ0v) is 10.5. The van der Waals surface area contributed by atoms with Crippen LogP contribution in [0.3, 0.4) is 0 Å². The van der Waals surface area contributed by atoms with E-state index in [9.17, 15) is 4.39 Å². The fourth-order valence-electron chi connectivity index (χ4n) is 2.37. The third-order valence-electron chi connectivity index (χ3n) is 3.40. The van der Waals surface area contributed by atoms with Crippen molar-refractivity contribution in [2.75, 3.05) is 19.8 Å². The minimum Gasteiger partial charge on any atom is -0.381 e. The van der Waals surface area contributed by atoms with Gasteiger partial charge in [0, 0.05) is 18.6 Å². The Morgan fingerprint density at radius 1 is 1.47 bits per heavy atom. The molecule has 94 valence electrons. The molecule has 0 radical (unpaired) electrons. The lowest BCUT2D eigenvalue weighted by Gasteiger charge is -2.36. The van der Waals surface area contributed by atoms with E-state index in [-0.39, 0.29) is 16.3 Å². The molecule has 1 aliphatic heterocycles. The first-order valence-electron chi connectivity index (χ1n) is 5.87. The highest BCUT2D eigenvalue weighted by Crippen LogP contribution is 2.32. The predicted molar refractivity (Wildman–Crippen MR) is 66.7 cm³/mol. The minimum atomic E-state index is -0.378. The second-order valence-corrected chi connectivity index (χ2v) is 5.19. The summed E-state index contributed by atoms with van der Waals surface area (Å²) >= 11 is 5.78. The second-order valence-electron chi connectivity index (χ2n) is 4.79. The predicted octanol–water partition coefficient (Wildman–Crippen LogP) is 2.78. The van der Waals surface area contributed by atoms with Gasteiger partial charge in [0.25, 0.3) is 0 Å². The van der Waals surface area contributed by atoms with Gasteiger partial charge in [0.05, 0.1) is 11.6 Å². The molecule has 1 saturated heterocycles. The number of rotatable bonds is 3. The lowest BCUT2D eigenvalue weighted by atomic mass is 9.77. The lowest BCUT2D eigenvalue weighted by Crippen LogP contribution is -2.40. The first-order valence-corrected chi connectivity index (χ1v) is 6.25. The Morgan fingerprint density at radius 3 is 2.88 bits per heavy atom. The molecular weight excluding hydrogens is 241 g/mol. The van der Waals surface area contributed by atoms with Crippen molar-refractivity contribution in [2.24, 2.45) is 11.1 Å². The van der Waals surface area contributed by atoms with Crippen LogP contribution in [0.4, 0.5) is 4.39 Å². The van der Waals surface area contributed by atoms with E-state index in [1.807, 2.05) is 0 Å². The van der Waals surface area contributed by atoms with Gasteiger partial charge >= 0.3 is 0 Å². The van der Waals surface area contributed by atoms with Crippen LogP contribution in [-0.2, 0) is 11.2 Å². The summed E-state index contributed by atoms with van der Waals surface area (Å²) in [4.78, 5) is 0. The molecule has 0 bridgehead atoms. The fourth-order valence-corrected chi connectivity index (χ4v) is 2.57. The molecular formula is C13H17ClFNO. The highest BCUT2D eigenvalue weighted by molar-refractivity contribution is 6.30. The van der Waals surface area contributed by atoms with Crippen molar-refractivity contribution in [1.82, 2.24) is 0 Å². The summed E-state index contributed by atoms with van der Waals surface area (Å²) in [6.07, 6.45) is 2.88. The zero-order valence-electron chi connectivity index (χ0n) is 9.72. The maximum absolute atomic E-state index is 13.1. The average Bonchev–Trinajstić information content (AvgIpc) is 2.35. The number of hydrogen-bond donors (Lipinski definition) is 1. The van der Waals surface area contributed by atoms with Crippen molar-refractivity contribution < 1.29 is 9.13 Å². The number of hydrogen-bond acceptors (Lipinski definition) is 2. The van der Waals surface area contributed by atoms with Crippen LogP contribution in [0.15, 0.2) is 18.2 Å². The molecule has 0 saturated carbocycles. The maximum atomic E-state index is 13.1. The summed E-state index contributed by atoms with van der Waals surface area (Å²) < 4.78 is 18.6. The van der Waals surface area contributed by atoms with E-state index in [0.717, 1.165) is 31.4 Å². The van der Waals surface area contributed by atoms with Gasteiger partial charge < -0.3 is 10.5 Å². The Kier molecular flexibility index (Phi) is 4.02. The van der Waals surface area contributed by atoms with Crippen LogP contribution in [0.2, 0.25) is 5.02 Å². The normalized spacial score (nSPS) is 24.9. The van der Waals surface area contributed by atoms with E-state index in [1.54, 1.807) is 12.1 Å². The molecule has 2 rings (SSSR count). The third kappa shape index (κ3) is 2.97. The first-order chi connectivity index (χ1) is 8.15. The topological polar surface area (TPSA) is 35.2 Å². The number of ether oxygens (including phenoxy) is 1. The van der Waals surface area contributed by atoms with E-state index in [2.05, 4.69) is 0 Å². The summed E-state index contributed by atoms with van der Waals surface area (Å²) in [5, 5.41) is 0.173. The van der Waals surface area contributed by atoms with E-state index in [0.29, 0.717) is 13.2 Å². The number of nitrogens with two attached hydrogens (primary N) is 1. The van der Waals surface area contributed by atoms with Gasteiger partial charge in [-0.1, -0.05) is 17.7 Å². The maximum Gasteiger partial charge on any atom is 0.141 e. The molecule has 1 aromatic rings. The summed E-state index contributed by atoms with van der Waals surface area (Å²) in [7, 11) is 0. The van der Waals surface area contributed by atoms with Crippen LogP contribution < -0.4 is 5.73 Å². The molecule has 1 atom stereocenters. The Labute approximate surface area is 106 Å². The molecule has 2 N–H and O–H groups in total. The SMILES string of the molecule is NCC1(Cc2ccc(F)c(Cl)c2)CCCOC1. The third-order valence-corrected chi connectivity index (χ3v) is 3.69. The van der Waals surface area contributed by atoms with Gasteiger partial charge in [-0.2, -0.15) is 0 Å². The monoisotopic (exact) mass is 257 g/mol. The summed E-state index contributed by atoms with van der Waals surface area (Å²) in [5.41, 5.74) is 6.87. The van der Waals surface area contributed by atoms with Crippen molar-refractivity contribution >= 4 is 11.6 Å². The van der Waals surface area contributed by atoms with Crippen LogP contribution in [0.25, 0.3) is 0 Å². The van der Waals surface area contributed by atoms with E-state index < -0.39 is 0 Å². The van der Waals surface area contributed by atoms with Gasteiger partial charge in [-0.05, 0) is 37.0 Å². The molecule has 1 heterocycles. The van der Waals surface area contributed by atoms with Crippen molar-refractivity contribution in [3.63, 3.8) is 0 Å². The van der Waals surface area contributed by atoms with Crippen molar-refractivity contribution in [2.45, 2.75) is 19.3 Å². The Morgan fingerprint density at radius 2 is 2.29 bits per heavy atom. The molecule has 0 amide bonds. The van der Waals surface area contributed by atoms with Crippen molar-refractivity contribution in [3.8, 4) is 0 Å². The Hall–Kier alpha value is -0.640. The summed E-state index contributed by atoms with van der Waals surface area (Å²) in [6, 6.07) is 4.86. The average molecular weight is 258 g/mol. The van der Waals surface area contributed by atoms with Gasteiger partial charge in [0.1, 0.15) is 5.82 Å². The molecule has 4 heteroatoms. The summed E-state index contributed by atoms with van der Waals surface area (Å²) in [5.74, 6) is -0.378. The molecule has 0 spiro atoms. The van der Waals surface area contributed by atoms with Crippen LogP contribution in [-0.4, -0.2) is 19.8 Å². The van der Waals surface area contributed by atoms with Crippen LogP contribution in [0.5, 0.6) is 0 Å². The molecule has 1 unspecified atom stereocenters. The van der Waals surface area contributed by atoms with E-state index in [4.69, 9.17) is 22.1 Å². The quantitative estimate of drug-likeness (QED) is 0.904. The second kappa shape index (κ2) is 5.34. The van der Waals surface area contributed by atoms with E-state index in [1.165, 1.54) is 6.07 Å². The number of benzene rings is 1. The van der Waals surface area contributed by atoms with Gasteiger partial charge in [-0.25, -0.2) is 4.39 Å². The van der Waals surface area contributed by atoms with Gasteiger partial charge in [0.15, 0.2) is 0 Å².